The second-order valence-electron chi connectivity index (χ2n) is 10.9. The first-order valence-electron chi connectivity index (χ1n) is 14.1. The second-order valence-corrected chi connectivity index (χ2v) is 10.9. The molecule has 2 saturated heterocycles. The van der Waals surface area contributed by atoms with Crippen LogP contribution >= 0.6 is 0 Å². The molecule has 0 saturated carbocycles. The van der Waals surface area contributed by atoms with Gasteiger partial charge in [0, 0.05) is 48.2 Å². The first kappa shape index (κ1) is 24.5. The van der Waals surface area contributed by atoms with Crippen LogP contribution in [0.15, 0.2) is 109 Å². The van der Waals surface area contributed by atoms with Gasteiger partial charge in [0.05, 0.1) is 25.2 Å². The van der Waals surface area contributed by atoms with E-state index in [0.29, 0.717) is 13.1 Å². The number of quaternary nitrogens is 1. The first-order valence-corrected chi connectivity index (χ1v) is 14.1. The van der Waals surface area contributed by atoms with Crippen LogP contribution in [0.4, 0.5) is 22.7 Å². The van der Waals surface area contributed by atoms with Gasteiger partial charge < -0.3 is 20.1 Å². The van der Waals surface area contributed by atoms with Crippen LogP contribution in [0.5, 0.6) is 0 Å². The van der Waals surface area contributed by atoms with Gasteiger partial charge in [-0.05, 0) is 42.0 Å². The molecule has 198 valence electrons. The van der Waals surface area contributed by atoms with Crippen molar-refractivity contribution in [2.75, 3.05) is 31.1 Å². The number of rotatable bonds is 5. The number of nitrogens with zero attached hydrogens (tertiary/aromatic N) is 2. The van der Waals surface area contributed by atoms with E-state index >= 15 is 5.21 Å². The summed E-state index contributed by atoms with van der Waals surface area (Å²) >= 11 is 0. The summed E-state index contributed by atoms with van der Waals surface area (Å²) in [5.41, 5.74) is 6.65. The SMILES string of the molecule is [O-][N+]1(C2CNC(c3ccccc3)NC2)c2ccc(N(c3ccccc3)c3ccccc3)cc2C2CNCCC21. The van der Waals surface area contributed by atoms with Crippen molar-refractivity contribution in [2.24, 2.45) is 0 Å². The molecule has 3 aliphatic heterocycles. The van der Waals surface area contributed by atoms with E-state index in [4.69, 9.17) is 0 Å². The van der Waals surface area contributed by atoms with Crippen LogP contribution in [-0.4, -0.2) is 38.3 Å². The highest BCUT2D eigenvalue weighted by atomic mass is 16.6. The zero-order valence-corrected chi connectivity index (χ0v) is 22.0. The Hall–Kier alpha value is -3.52. The number of para-hydroxylation sites is 2. The summed E-state index contributed by atoms with van der Waals surface area (Å²) in [4.78, 5) is 2.29. The number of piperidine rings is 1. The Labute approximate surface area is 230 Å². The van der Waals surface area contributed by atoms with E-state index in [1.54, 1.807) is 0 Å². The van der Waals surface area contributed by atoms with Crippen LogP contribution < -0.4 is 25.5 Å². The average Bonchev–Trinajstić information content (AvgIpc) is 3.27. The minimum Gasteiger partial charge on any atom is -0.627 e. The highest BCUT2D eigenvalue weighted by Gasteiger charge is 2.53. The minimum atomic E-state index is -0.250. The molecule has 4 aromatic rings. The topological polar surface area (TPSA) is 62.4 Å². The Morgan fingerprint density at radius 1 is 0.692 bits per heavy atom. The van der Waals surface area contributed by atoms with Crippen molar-refractivity contribution in [3.8, 4) is 0 Å². The van der Waals surface area contributed by atoms with Crippen molar-refractivity contribution < 1.29 is 0 Å². The van der Waals surface area contributed by atoms with Crippen molar-refractivity contribution in [2.45, 2.75) is 30.6 Å². The van der Waals surface area contributed by atoms with Crippen molar-refractivity contribution in [1.82, 2.24) is 20.6 Å². The number of benzene rings is 4. The van der Waals surface area contributed by atoms with Gasteiger partial charge in [-0.2, -0.15) is 0 Å². The lowest BCUT2D eigenvalue weighted by Gasteiger charge is -2.53. The van der Waals surface area contributed by atoms with Gasteiger partial charge in [-0.15, -0.1) is 0 Å². The zero-order valence-electron chi connectivity index (χ0n) is 22.0. The van der Waals surface area contributed by atoms with Gasteiger partial charge in [-0.25, -0.2) is 0 Å². The number of anilines is 3. The fourth-order valence-corrected chi connectivity index (χ4v) is 6.97. The molecule has 3 aliphatic rings. The molecular weight excluding hydrogens is 482 g/mol. The van der Waals surface area contributed by atoms with Gasteiger partial charge in [-0.1, -0.05) is 66.7 Å². The molecule has 2 fully saturated rings. The molecule has 3 heterocycles. The predicted molar refractivity (Wildman–Crippen MR) is 159 cm³/mol. The number of nitrogens with one attached hydrogen (secondary N) is 3. The molecule has 0 bridgehead atoms. The highest BCUT2D eigenvalue weighted by molar-refractivity contribution is 5.79. The molecule has 0 aromatic heterocycles. The van der Waals surface area contributed by atoms with E-state index in [0.717, 1.165) is 42.3 Å². The van der Waals surface area contributed by atoms with Crippen molar-refractivity contribution in [3.05, 3.63) is 126 Å². The van der Waals surface area contributed by atoms with Gasteiger partial charge >= 0.3 is 0 Å². The zero-order chi connectivity index (χ0) is 26.2. The summed E-state index contributed by atoms with van der Waals surface area (Å²) in [7, 11) is 0. The number of hydroxylamine groups is 2. The third-order valence-electron chi connectivity index (χ3n) is 8.80. The van der Waals surface area contributed by atoms with E-state index in [2.05, 4.69) is 112 Å². The largest absolute Gasteiger partial charge is 0.627 e. The maximum absolute atomic E-state index is 15.1. The molecular formula is C33H35N5O. The molecule has 6 nitrogen and oxygen atoms in total. The lowest BCUT2D eigenvalue weighted by atomic mass is 9.89. The summed E-state index contributed by atoms with van der Waals surface area (Å²) in [5.74, 6) is 0.200. The summed E-state index contributed by atoms with van der Waals surface area (Å²) in [6.07, 6.45) is 0.963. The van der Waals surface area contributed by atoms with Gasteiger partial charge in [0.2, 0.25) is 0 Å². The normalized spacial score (nSPS) is 27.9. The molecule has 0 aliphatic carbocycles. The maximum Gasteiger partial charge on any atom is 0.137 e. The molecule has 3 N–H and O–H groups in total. The van der Waals surface area contributed by atoms with Crippen LogP contribution in [0.2, 0.25) is 0 Å². The van der Waals surface area contributed by atoms with E-state index < -0.39 is 0 Å². The molecule has 0 spiro atoms. The van der Waals surface area contributed by atoms with Crippen LogP contribution in [0, 0.1) is 5.21 Å². The predicted octanol–water partition coefficient (Wildman–Crippen LogP) is 5.68. The first-order chi connectivity index (χ1) is 19.2. The quantitative estimate of drug-likeness (QED) is 0.235. The number of hydrogen-bond donors (Lipinski definition) is 3. The van der Waals surface area contributed by atoms with E-state index in [1.807, 2.05) is 18.2 Å². The van der Waals surface area contributed by atoms with Crippen LogP contribution in [-0.2, 0) is 0 Å². The Kier molecular flexibility index (Phi) is 6.43. The number of fused-ring (bicyclic) bond motifs is 3. The van der Waals surface area contributed by atoms with Crippen LogP contribution in [0.1, 0.15) is 29.6 Å². The van der Waals surface area contributed by atoms with Crippen molar-refractivity contribution in [1.29, 1.82) is 0 Å². The van der Waals surface area contributed by atoms with Crippen LogP contribution in [0.25, 0.3) is 0 Å². The number of hydrogen-bond acceptors (Lipinski definition) is 5. The lowest BCUT2D eigenvalue weighted by Crippen LogP contribution is -2.68. The fraction of sp³-hybridized carbons (Fsp3) is 0.273. The maximum atomic E-state index is 15.1. The Bertz CT molecular complexity index is 1370. The smallest absolute Gasteiger partial charge is 0.137 e. The molecule has 6 heteroatoms. The van der Waals surface area contributed by atoms with Crippen LogP contribution in [0.3, 0.4) is 0 Å². The summed E-state index contributed by atoms with van der Waals surface area (Å²) in [6.45, 7) is 3.12. The molecule has 3 unspecified atom stereocenters. The van der Waals surface area contributed by atoms with E-state index in [9.17, 15) is 0 Å². The van der Waals surface area contributed by atoms with Gasteiger partial charge in [-0.3, -0.25) is 10.6 Å². The summed E-state index contributed by atoms with van der Waals surface area (Å²) in [6, 6.07) is 37.9. The molecule has 0 amide bonds. The molecule has 3 atom stereocenters. The second kappa shape index (κ2) is 10.2. The van der Waals surface area contributed by atoms with Gasteiger partial charge in [0.1, 0.15) is 17.8 Å². The average molecular weight is 518 g/mol. The van der Waals surface area contributed by atoms with Gasteiger partial charge in [0.15, 0.2) is 0 Å². The standard InChI is InChI=1S/C33H35N5O/c39-38(28-21-35-33(36-22-28)24-10-4-1-5-11-24)31-17-16-27(20-29(31)30-23-34-19-18-32(30)38)37(25-12-6-2-7-13-25)26-14-8-3-9-15-26/h1-17,20,28,30,32-36H,18-19,21-23H2. The molecule has 4 aromatic carbocycles. The Balaban J connectivity index is 1.25. The minimum absolute atomic E-state index is 0.0280. The molecule has 7 rings (SSSR count). The summed E-state index contributed by atoms with van der Waals surface area (Å²) in [5, 5.41) is 26.0. The van der Waals surface area contributed by atoms with E-state index in [-0.39, 0.29) is 28.8 Å². The van der Waals surface area contributed by atoms with Crippen molar-refractivity contribution in [3.63, 3.8) is 0 Å². The van der Waals surface area contributed by atoms with Gasteiger partial charge in [0.25, 0.3) is 0 Å². The monoisotopic (exact) mass is 517 g/mol. The third-order valence-corrected chi connectivity index (χ3v) is 8.80. The Morgan fingerprint density at radius 3 is 1.95 bits per heavy atom. The summed E-state index contributed by atoms with van der Waals surface area (Å²) < 4.78 is -0.250. The molecule has 39 heavy (non-hydrogen) atoms. The fourth-order valence-electron chi connectivity index (χ4n) is 6.97. The lowest BCUT2D eigenvalue weighted by molar-refractivity contribution is 0.145. The highest BCUT2D eigenvalue weighted by Crippen LogP contribution is 2.51. The van der Waals surface area contributed by atoms with Crippen molar-refractivity contribution >= 4 is 22.7 Å². The van der Waals surface area contributed by atoms with E-state index in [1.165, 1.54) is 11.1 Å². The Morgan fingerprint density at radius 2 is 1.31 bits per heavy atom. The molecule has 0 radical (unpaired) electrons. The third kappa shape index (κ3) is 4.25.